The fraction of sp³-hybridized carbons (Fsp3) is 0.0625. The summed E-state index contributed by atoms with van der Waals surface area (Å²) >= 11 is 12.0. The molecular formula is C16H11Cl2NO. The maximum Gasteiger partial charge on any atom is 0.211 e. The van der Waals surface area contributed by atoms with Crippen molar-refractivity contribution in [3.63, 3.8) is 0 Å². The smallest absolute Gasteiger partial charge is 0.211 e. The highest BCUT2D eigenvalue weighted by Crippen LogP contribution is 2.26. The summed E-state index contributed by atoms with van der Waals surface area (Å²) in [6.45, 7) is 1.92. The van der Waals surface area contributed by atoms with Gasteiger partial charge in [0.05, 0.1) is 10.7 Å². The lowest BCUT2D eigenvalue weighted by molar-refractivity contribution is 0.103. The second-order valence-electron chi connectivity index (χ2n) is 4.62. The first-order chi connectivity index (χ1) is 9.58. The van der Waals surface area contributed by atoms with E-state index in [1.54, 1.807) is 18.2 Å². The van der Waals surface area contributed by atoms with Crippen LogP contribution >= 0.6 is 23.2 Å². The summed E-state index contributed by atoms with van der Waals surface area (Å²) in [6, 6.07) is 12.7. The van der Waals surface area contributed by atoms with Crippen molar-refractivity contribution in [2.45, 2.75) is 6.92 Å². The maximum atomic E-state index is 12.7. The number of nitrogens with zero attached hydrogens (tertiary/aromatic N) is 1. The van der Waals surface area contributed by atoms with Crippen LogP contribution in [0.5, 0.6) is 0 Å². The molecule has 4 heteroatoms. The molecule has 0 aliphatic carbocycles. The molecule has 0 saturated carbocycles. The number of ketones is 1. The van der Waals surface area contributed by atoms with Gasteiger partial charge < -0.3 is 4.40 Å². The van der Waals surface area contributed by atoms with Gasteiger partial charge in [0.2, 0.25) is 5.78 Å². The molecule has 0 saturated heterocycles. The topological polar surface area (TPSA) is 21.5 Å². The molecule has 2 heterocycles. The number of pyridine rings is 1. The second kappa shape index (κ2) is 4.97. The minimum Gasteiger partial charge on any atom is -0.313 e. The molecule has 1 aromatic carbocycles. The number of hydrogen-bond acceptors (Lipinski definition) is 1. The molecule has 2 aromatic heterocycles. The third kappa shape index (κ3) is 2.11. The lowest BCUT2D eigenvalue weighted by Crippen LogP contribution is -2.07. The summed E-state index contributed by atoms with van der Waals surface area (Å²) in [7, 11) is 0. The number of carbonyl (C=O) groups is 1. The summed E-state index contributed by atoms with van der Waals surface area (Å²) in [5, 5.41) is 0.885. The van der Waals surface area contributed by atoms with Crippen molar-refractivity contribution < 1.29 is 4.79 Å². The van der Waals surface area contributed by atoms with Crippen LogP contribution in [0.2, 0.25) is 10.0 Å². The number of aryl methyl sites for hydroxylation is 1. The van der Waals surface area contributed by atoms with Gasteiger partial charge in [-0.3, -0.25) is 4.79 Å². The molecule has 0 N–H and O–H groups in total. The number of carbonyl (C=O) groups excluding carboxylic acids is 1. The van der Waals surface area contributed by atoms with Crippen molar-refractivity contribution in [3.8, 4) is 0 Å². The Labute approximate surface area is 126 Å². The van der Waals surface area contributed by atoms with Gasteiger partial charge >= 0.3 is 0 Å². The summed E-state index contributed by atoms with van der Waals surface area (Å²) in [6.07, 6.45) is 1.87. The Kier molecular flexibility index (Phi) is 3.28. The standard InChI is InChI=1S/C16H11Cl2NO/c1-10-8-12-4-2-3-7-19(12)15(10)16(20)13-6-5-11(17)9-14(13)18/h2-9H,1H3. The molecule has 3 aromatic rings. The molecule has 0 fully saturated rings. The number of fused-ring (bicyclic) bond motifs is 1. The highest BCUT2D eigenvalue weighted by Gasteiger charge is 2.19. The van der Waals surface area contributed by atoms with Crippen LogP contribution in [0.15, 0.2) is 48.7 Å². The molecule has 0 amide bonds. The van der Waals surface area contributed by atoms with E-state index in [-0.39, 0.29) is 5.78 Å². The van der Waals surface area contributed by atoms with E-state index in [0.717, 1.165) is 11.1 Å². The Morgan fingerprint density at radius 3 is 2.65 bits per heavy atom. The van der Waals surface area contributed by atoms with Gasteiger partial charge in [0, 0.05) is 22.3 Å². The van der Waals surface area contributed by atoms with Gasteiger partial charge in [-0.15, -0.1) is 0 Å². The van der Waals surface area contributed by atoms with E-state index < -0.39 is 0 Å². The fourth-order valence-corrected chi connectivity index (χ4v) is 2.84. The quantitative estimate of drug-likeness (QED) is 0.624. The molecule has 100 valence electrons. The van der Waals surface area contributed by atoms with Crippen molar-refractivity contribution >= 4 is 34.5 Å². The molecule has 0 bridgehead atoms. The first kappa shape index (κ1) is 13.2. The zero-order chi connectivity index (χ0) is 14.3. The lowest BCUT2D eigenvalue weighted by atomic mass is 10.1. The van der Waals surface area contributed by atoms with Crippen molar-refractivity contribution in [3.05, 3.63) is 75.5 Å². The van der Waals surface area contributed by atoms with Gasteiger partial charge in [0.1, 0.15) is 0 Å². The Morgan fingerprint density at radius 2 is 1.90 bits per heavy atom. The molecule has 0 atom stereocenters. The number of halogens is 2. The predicted molar refractivity (Wildman–Crippen MR) is 82.0 cm³/mol. The zero-order valence-electron chi connectivity index (χ0n) is 10.7. The maximum absolute atomic E-state index is 12.7. The van der Waals surface area contributed by atoms with E-state index in [2.05, 4.69) is 0 Å². The molecule has 0 radical (unpaired) electrons. The van der Waals surface area contributed by atoms with Gasteiger partial charge in [-0.25, -0.2) is 0 Å². The third-order valence-corrected chi connectivity index (χ3v) is 3.81. The zero-order valence-corrected chi connectivity index (χ0v) is 12.2. The van der Waals surface area contributed by atoms with Crippen molar-refractivity contribution in [1.82, 2.24) is 4.40 Å². The van der Waals surface area contributed by atoms with Crippen LogP contribution in [0.1, 0.15) is 21.6 Å². The minimum atomic E-state index is -0.102. The van der Waals surface area contributed by atoms with E-state index in [1.807, 2.05) is 41.8 Å². The first-order valence-electron chi connectivity index (χ1n) is 6.14. The lowest BCUT2D eigenvalue weighted by Gasteiger charge is -2.06. The Hall–Kier alpha value is -1.77. The van der Waals surface area contributed by atoms with Crippen LogP contribution in [0.4, 0.5) is 0 Å². The first-order valence-corrected chi connectivity index (χ1v) is 6.90. The Balaban J connectivity index is 2.20. The monoisotopic (exact) mass is 303 g/mol. The SMILES string of the molecule is Cc1cc2ccccn2c1C(=O)c1ccc(Cl)cc1Cl. The fourth-order valence-electron chi connectivity index (χ4n) is 2.35. The minimum absolute atomic E-state index is 0.102. The molecule has 20 heavy (non-hydrogen) atoms. The average molecular weight is 304 g/mol. The van der Waals surface area contributed by atoms with Crippen molar-refractivity contribution in [2.75, 3.05) is 0 Å². The largest absolute Gasteiger partial charge is 0.313 e. The predicted octanol–water partition coefficient (Wildman–Crippen LogP) is 4.79. The van der Waals surface area contributed by atoms with Crippen molar-refractivity contribution in [2.24, 2.45) is 0 Å². The molecule has 0 spiro atoms. The van der Waals surface area contributed by atoms with Gasteiger partial charge in [-0.05, 0) is 48.9 Å². The van der Waals surface area contributed by atoms with E-state index in [1.165, 1.54) is 0 Å². The highest BCUT2D eigenvalue weighted by atomic mass is 35.5. The summed E-state index contributed by atoms with van der Waals surface area (Å²) in [5.74, 6) is -0.102. The Bertz CT molecular complexity index is 820. The van der Waals surface area contributed by atoms with Crippen LogP contribution in [0.3, 0.4) is 0 Å². The highest BCUT2D eigenvalue weighted by molar-refractivity contribution is 6.37. The molecular weight excluding hydrogens is 293 g/mol. The summed E-state index contributed by atoms with van der Waals surface area (Å²) in [5.41, 5.74) is 3.00. The molecule has 0 aliphatic heterocycles. The van der Waals surface area contributed by atoms with E-state index >= 15 is 0 Å². The van der Waals surface area contributed by atoms with E-state index in [9.17, 15) is 4.79 Å². The second-order valence-corrected chi connectivity index (χ2v) is 5.47. The number of hydrogen-bond donors (Lipinski definition) is 0. The molecule has 2 nitrogen and oxygen atoms in total. The van der Waals surface area contributed by atoms with Crippen LogP contribution in [-0.4, -0.2) is 10.2 Å². The van der Waals surface area contributed by atoms with Gasteiger partial charge in [-0.2, -0.15) is 0 Å². The molecule has 0 unspecified atom stereocenters. The Morgan fingerprint density at radius 1 is 1.10 bits per heavy atom. The number of rotatable bonds is 2. The third-order valence-electron chi connectivity index (χ3n) is 3.26. The van der Waals surface area contributed by atoms with Gasteiger partial charge in [0.25, 0.3) is 0 Å². The number of benzene rings is 1. The summed E-state index contributed by atoms with van der Waals surface area (Å²) in [4.78, 5) is 12.7. The van der Waals surface area contributed by atoms with Gasteiger partial charge in [-0.1, -0.05) is 29.3 Å². The normalized spacial score (nSPS) is 10.9. The van der Waals surface area contributed by atoms with Crippen molar-refractivity contribution in [1.29, 1.82) is 0 Å². The molecule has 0 aliphatic rings. The van der Waals surface area contributed by atoms with Crippen LogP contribution in [-0.2, 0) is 0 Å². The van der Waals surface area contributed by atoms with Gasteiger partial charge in [0.15, 0.2) is 0 Å². The van der Waals surface area contributed by atoms with Crippen LogP contribution in [0, 0.1) is 6.92 Å². The number of aromatic nitrogens is 1. The van der Waals surface area contributed by atoms with Crippen LogP contribution < -0.4 is 0 Å². The van der Waals surface area contributed by atoms with Crippen LogP contribution in [0.25, 0.3) is 5.52 Å². The summed E-state index contributed by atoms with van der Waals surface area (Å²) < 4.78 is 1.88. The average Bonchev–Trinajstić information content (AvgIpc) is 2.73. The van der Waals surface area contributed by atoms with E-state index in [4.69, 9.17) is 23.2 Å². The van der Waals surface area contributed by atoms with E-state index in [0.29, 0.717) is 21.3 Å². The molecule has 3 rings (SSSR count).